The van der Waals surface area contributed by atoms with Gasteiger partial charge in [-0.2, -0.15) is 0 Å². The van der Waals surface area contributed by atoms with Crippen LogP contribution in [0, 0.1) is 0 Å². The van der Waals surface area contributed by atoms with Crippen molar-refractivity contribution in [2.75, 3.05) is 0 Å². The fourth-order valence-corrected chi connectivity index (χ4v) is 1.60. The van der Waals surface area contributed by atoms with E-state index in [0.717, 1.165) is 0 Å². The summed E-state index contributed by atoms with van der Waals surface area (Å²) in [5.74, 6) is 0. The summed E-state index contributed by atoms with van der Waals surface area (Å²) in [6.07, 6.45) is 1.41. The molecule has 1 aliphatic rings. The van der Waals surface area contributed by atoms with E-state index in [4.69, 9.17) is 20.9 Å². The van der Waals surface area contributed by atoms with Crippen molar-refractivity contribution in [2.24, 2.45) is 0 Å². The molecule has 1 saturated heterocycles. The molecule has 0 aliphatic carbocycles. The number of rotatable bonds is 1. The molecular weight excluding hydrogens is 226 g/mol. The molecule has 0 radical (unpaired) electrons. The largest absolute Gasteiger partial charge is 0.514 e. The highest BCUT2D eigenvalue weighted by molar-refractivity contribution is 6.61. The first kappa shape index (κ1) is 11.8. The van der Waals surface area contributed by atoms with Gasteiger partial charge in [0.15, 0.2) is 0 Å². The second-order valence-electron chi connectivity index (χ2n) is 4.85. The van der Waals surface area contributed by atoms with Gasteiger partial charge in [-0.15, -0.1) is 0 Å². The Hall–Kier alpha value is -0.645. The molecule has 1 fully saturated rings. The van der Waals surface area contributed by atoms with E-state index in [1.54, 1.807) is 6.07 Å². The van der Waals surface area contributed by atoms with Gasteiger partial charge < -0.3 is 9.31 Å². The average Bonchev–Trinajstić information content (AvgIpc) is 2.36. The van der Waals surface area contributed by atoms with Gasteiger partial charge in [0, 0.05) is 0 Å². The van der Waals surface area contributed by atoms with Gasteiger partial charge in [0.2, 0.25) is 0 Å². The highest BCUT2D eigenvalue weighted by atomic mass is 35.5. The topological polar surface area (TPSA) is 44.2 Å². The van der Waals surface area contributed by atoms with Gasteiger partial charge in [-0.3, -0.25) is 0 Å². The zero-order valence-corrected chi connectivity index (χ0v) is 10.6. The third-order valence-corrected chi connectivity index (χ3v) is 3.36. The monoisotopic (exact) mass is 240 g/mol. The molecule has 2 heterocycles. The number of hydrogen-bond acceptors (Lipinski definition) is 4. The third-order valence-electron chi connectivity index (χ3n) is 3.15. The molecule has 0 amide bonds. The molecule has 0 N–H and O–H groups in total. The van der Waals surface area contributed by atoms with Gasteiger partial charge in [-0.1, -0.05) is 11.6 Å². The molecule has 0 unspecified atom stereocenters. The first-order valence-electron chi connectivity index (χ1n) is 5.15. The molecule has 0 atom stereocenters. The maximum Gasteiger partial charge on any atom is 0.514 e. The zero-order valence-electron chi connectivity index (χ0n) is 9.82. The van der Waals surface area contributed by atoms with Crippen LogP contribution in [0.15, 0.2) is 12.4 Å². The standard InChI is InChI=1S/C10H14BClN2O2/c1-9(2)10(3,4)16-11(15-9)7-5-8(12)14-6-13-7/h5-6H,1-4H3. The zero-order chi connectivity index (χ0) is 12.0. The highest BCUT2D eigenvalue weighted by Crippen LogP contribution is 2.36. The highest BCUT2D eigenvalue weighted by Gasteiger charge is 2.52. The van der Waals surface area contributed by atoms with Gasteiger partial charge in [0.05, 0.1) is 16.8 Å². The van der Waals surface area contributed by atoms with E-state index < -0.39 is 7.12 Å². The van der Waals surface area contributed by atoms with Crippen molar-refractivity contribution in [2.45, 2.75) is 38.9 Å². The van der Waals surface area contributed by atoms with Gasteiger partial charge in [-0.25, -0.2) is 9.97 Å². The number of nitrogens with zero attached hydrogens (tertiary/aromatic N) is 2. The first-order chi connectivity index (χ1) is 7.32. The van der Waals surface area contributed by atoms with Crippen LogP contribution in [0.4, 0.5) is 0 Å². The minimum atomic E-state index is -0.481. The molecule has 0 bridgehead atoms. The van der Waals surface area contributed by atoms with E-state index in [0.29, 0.717) is 10.7 Å². The van der Waals surface area contributed by atoms with Crippen LogP contribution in [0.5, 0.6) is 0 Å². The van der Waals surface area contributed by atoms with Gasteiger partial charge in [-0.05, 0) is 33.8 Å². The molecule has 0 saturated carbocycles. The van der Waals surface area contributed by atoms with Crippen molar-refractivity contribution in [1.82, 2.24) is 9.97 Å². The van der Waals surface area contributed by atoms with E-state index in [9.17, 15) is 0 Å². The van der Waals surface area contributed by atoms with E-state index in [2.05, 4.69) is 9.97 Å². The molecule has 6 heteroatoms. The summed E-state index contributed by atoms with van der Waals surface area (Å²) in [5, 5.41) is 0.389. The smallest absolute Gasteiger partial charge is 0.398 e. The van der Waals surface area contributed by atoms with Crippen molar-refractivity contribution in [1.29, 1.82) is 0 Å². The van der Waals surface area contributed by atoms with E-state index >= 15 is 0 Å². The molecule has 4 nitrogen and oxygen atoms in total. The van der Waals surface area contributed by atoms with Crippen LogP contribution < -0.4 is 5.59 Å². The van der Waals surface area contributed by atoms with Crippen molar-refractivity contribution in [3.05, 3.63) is 17.5 Å². The van der Waals surface area contributed by atoms with E-state index in [1.165, 1.54) is 6.33 Å². The lowest BCUT2D eigenvalue weighted by Crippen LogP contribution is -2.41. The van der Waals surface area contributed by atoms with Crippen molar-refractivity contribution < 1.29 is 9.31 Å². The summed E-state index contributed by atoms with van der Waals surface area (Å²) in [5.41, 5.74) is -0.0804. The van der Waals surface area contributed by atoms with Crippen LogP contribution in [-0.4, -0.2) is 28.3 Å². The van der Waals surface area contributed by atoms with E-state index in [1.807, 2.05) is 27.7 Å². The molecular formula is C10H14BClN2O2. The van der Waals surface area contributed by atoms with Crippen molar-refractivity contribution >= 4 is 24.3 Å². The average molecular weight is 240 g/mol. The Labute approximate surface area is 100 Å². The third kappa shape index (κ3) is 1.95. The Kier molecular flexibility index (Phi) is 2.73. The Morgan fingerprint density at radius 3 is 2.19 bits per heavy atom. The van der Waals surface area contributed by atoms with Crippen LogP contribution in [0.2, 0.25) is 5.15 Å². The summed E-state index contributed by atoms with van der Waals surface area (Å²) in [7, 11) is -0.481. The molecule has 86 valence electrons. The lowest BCUT2D eigenvalue weighted by atomic mass is 9.85. The first-order valence-corrected chi connectivity index (χ1v) is 5.53. The second-order valence-corrected chi connectivity index (χ2v) is 5.24. The maximum absolute atomic E-state index is 5.83. The number of halogens is 1. The van der Waals surface area contributed by atoms with Crippen molar-refractivity contribution in [3.8, 4) is 0 Å². The van der Waals surface area contributed by atoms with Gasteiger partial charge in [0.1, 0.15) is 11.5 Å². The predicted molar refractivity (Wildman–Crippen MR) is 62.8 cm³/mol. The lowest BCUT2D eigenvalue weighted by Gasteiger charge is -2.32. The van der Waals surface area contributed by atoms with Crippen LogP contribution in [0.3, 0.4) is 0 Å². The summed E-state index contributed by atoms with van der Waals surface area (Å²) in [4.78, 5) is 7.93. The van der Waals surface area contributed by atoms with Crippen LogP contribution in [0.1, 0.15) is 27.7 Å². The summed E-state index contributed by atoms with van der Waals surface area (Å²) < 4.78 is 11.7. The lowest BCUT2D eigenvalue weighted by molar-refractivity contribution is 0.00578. The number of aromatic nitrogens is 2. The fourth-order valence-electron chi connectivity index (χ4n) is 1.44. The number of hydrogen-bond donors (Lipinski definition) is 0. The minimum absolute atomic E-state index is 0.366. The Balaban J connectivity index is 2.27. The summed E-state index contributed by atoms with van der Waals surface area (Å²) in [6.45, 7) is 7.98. The van der Waals surface area contributed by atoms with Crippen LogP contribution >= 0.6 is 11.6 Å². The van der Waals surface area contributed by atoms with Crippen molar-refractivity contribution in [3.63, 3.8) is 0 Å². The predicted octanol–water partition coefficient (Wildman–Crippen LogP) is 1.43. The summed E-state index contributed by atoms with van der Waals surface area (Å²) in [6, 6.07) is 1.66. The molecule has 1 aliphatic heterocycles. The van der Waals surface area contributed by atoms with Gasteiger partial charge in [0.25, 0.3) is 0 Å². The minimum Gasteiger partial charge on any atom is -0.398 e. The van der Waals surface area contributed by atoms with Gasteiger partial charge >= 0.3 is 7.12 Å². The van der Waals surface area contributed by atoms with E-state index in [-0.39, 0.29) is 11.2 Å². The normalized spacial score (nSPS) is 22.4. The van der Waals surface area contributed by atoms with Crippen LogP contribution in [-0.2, 0) is 9.31 Å². The molecule has 16 heavy (non-hydrogen) atoms. The Morgan fingerprint density at radius 2 is 1.69 bits per heavy atom. The summed E-state index contributed by atoms with van der Waals surface area (Å²) >= 11 is 5.80. The Morgan fingerprint density at radius 1 is 1.12 bits per heavy atom. The molecule has 0 aromatic carbocycles. The second kappa shape index (κ2) is 3.69. The molecule has 2 rings (SSSR count). The molecule has 1 aromatic heterocycles. The quantitative estimate of drug-likeness (QED) is 0.550. The fraction of sp³-hybridized carbons (Fsp3) is 0.600. The van der Waals surface area contributed by atoms with Crippen LogP contribution in [0.25, 0.3) is 0 Å². The SMILES string of the molecule is CC1(C)OB(c2cc(Cl)ncn2)OC1(C)C. The Bertz CT molecular complexity index is 396. The molecule has 1 aromatic rings. The maximum atomic E-state index is 5.83. The molecule has 0 spiro atoms.